The monoisotopic (exact) mass is 450 g/mol. The minimum absolute atomic E-state index is 0.202. The Morgan fingerprint density at radius 1 is 1.13 bits per heavy atom. The highest BCUT2D eigenvalue weighted by atomic mass is 32.2. The quantitative estimate of drug-likeness (QED) is 0.442. The second-order valence-electron chi connectivity index (χ2n) is 7.57. The van der Waals surface area contributed by atoms with Gasteiger partial charge in [-0.15, -0.1) is 0 Å². The van der Waals surface area contributed by atoms with E-state index in [1.807, 2.05) is 70.4 Å². The Morgan fingerprint density at radius 3 is 2.52 bits per heavy atom. The van der Waals surface area contributed by atoms with Gasteiger partial charge in [-0.3, -0.25) is 18.9 Å². The summed E-state index contributed by atoms with van der Waals surface area (Å²) < 4.78 is 1.99. The molecular weight excluding hydrogens is 428 g/mol. The zero-order valence-corrected chi connectivity index (χ0v) is 19.3. The van der Waals surface area contributed by atoms with E-state index in [1.165, 1.54) is 16.2 Å². The number of benzene rings is 1. The molecule has 0 unspecified atom stereocenters. The van der Waals surface area contributed by atoms with Crippen molar-refractivity contribution in [1.82, 2.24) is 14.3 Å². The lowest BCUT2D eigenvalue weighted by Gasteiger charge is -2.23. The van der Waals surface area contributed by atoms with Gasteiger partial charge in [0, 0.05) is 20.3 Å². The van der Waals surface area contributed by atoms with Crippen molar-refractivity contribution in [3.05, 3.63) is 80.6 Å². The molecule has 0 spiro atoms. The van der Waals surface area contributed by atoms with E-state index in [9.17, 15) is 9.59 Å². The van der Waals surface area contributed by atoms with Crippen LogP contribution in [0.1, 0.15) is 29.7 Å². The lowest BCUT2D eigenvalue weighted by molar-refractivity contribution is -0.123. The number of nitrogens with zero attached hydrogens (tertiary/aromatic N) is 4. The molecule has 1 aliphatic rings. The third-order valence-corrected chi connectivity index (χ3v) is 6.59. The molecule has 4 rings (SSSR count). The molecule has 0 radical (unpaired) electrons. The summed E-state index contributed by atoms with van der Waals surface area (Å²) in [6, 6.07) is 13.3. The number of amides is 1. The first kappa shape index (κ1) is 21.3. The van der Waals surface area contributed by atoms with Crippen LogP contribution in [-0.2, 0) is 4.79 Å². The van der Waals surface area contributed by atoms with E-state index >= 15 is 0 Å². The van der Waals surface area contributed by atoms with E-state index in [4.69, 9.17) is 17.2 Å². The number of aromatic nitrogens is 2. The van der Waals surface area contributed by atoms with Crippen LogP contribution in [0, 0.1) is 6.92 Å². The lowest BCUT2D eigenvalue weighted by Crippen LogP contribution is -2.31. The Balaban J connectivity index is 1.81. The van der Waals surface area contributed by atoms with Crippen LogP contribution >= 0.6 is 24.0 Å². The average Bonchev–Trinajstić information content (AvgIpc) is 3.03. The lowest BCUT2D eigenvalue weighted by atomic mass is 10.1. The zero-order valence-electron chi connectivity index (χ0n) is 17.7. The molecule has 1 aliphatic heterocycles. The fraction of sp³-hybridized carbons (Fsp3) is 0.217. The molecule has 1 amide bonds. The third kappa shape index (κ3) is 3.77. The minimum Gasteiger partial charge on any atom is -0.362 e. The van der Waals surface area contributed by atoms with E-state index in [0.717, 1.165) is 11.1 Å². The predicted molar refractivity (Wildman–Crippen MR) is 130 cm³/mol. The first-order valence-electron chi connectivity index (χ1n) is 9.81. The molecule has 1 aromatic carbocycles. The predicted octanol–water partition coefficient (Wildman–Crippen LogP) is 4.03. The van der Waals surface area contributed by atoms with Crippen LogP contribution in [0.2, 0.25) is 0 Å². The van der Waals surface area contributed by atoms with E-state index in [2.05, 4.69) is 0 Å². The summed E-state index contributed by atoms with van der Waals surface area (Å²) >= 11 is 6.73. The molecule has 3 heterocycles. The highest BCUT2D eigenvalue weighted by Crippen LogP contribution is 2.38. The first-order valence-corrected chi connectivity index (χ1v) is 11.0. The molecule has 3 aromatic rings. The number of thioether (sulfide) groups is 1. The summed E-state index contributed by atoms with van der Waals surface area (Å²) in [4.78, 5) is 35.1. The number of fused-ring (bicyclic) bond motifs is 1. The molecule has 8 heteroatoms. The number of anilines is 1. The SMILES string of the molecule is Cc1cccn2c(=O)c(/C=C3/SC(=S)N([C@@H](C)c4ccccc4)C3=O)c(N(C)C)nc12. The van der Waals surface area contributed by atoms with Crippen LogP contribution in [0.25, 0.3) is 11.7 Å². The Morgan fingerprint density at radius 2 is 1.84 bits per heavy atom. The first-order chi connectivity index (χ1) is 14.8. The van der Waals surface area contributed by atoms with Crippen LogP contribution < -0.4 is 10.5 Å². The smallest absolute Gasteiger partial charge is 0.267 e. The molecular formula is C23H22N4O2S2. The van der Waals surface area contributed by atoms with Gasteiger partial charge in [0.25, 0.3) is 11.5 Å². The zero-order chi connectivity index (χ0) is 22.3. The van der Waals surface area contributed by atoms with Gasteiger partial charge in [0.2, 0.25) is 0 Å². The van der Waals surface area contributed by atoms with Crippen molar-refractivity contribution >= 4 is 51.7 Å². The molecule has 31 heavy (non-hydrogen) atoms. The van der Waals surface area contributed by atoms with Crippen LogP contribution in [-0.4, -0.2) is 38.6 Å². The van der Waals surface area contributed by atoms with Crippen molar-refractivity contribution in [3.8, 4) is 0 Å². The van der Waals surface area contributed by atoms with Gasteiger partial charge in [-0.05, 0) is 37.1 Å². The maximum Gasteiger partial charge on any atom is 0.267 e. The van der Waals surface area contributed by atoms with E-state index in [0.29, 0.717) is 26.3 Å². The van der Waals surface area contributed by atoms with Gasteiger partial charge in [-0.1, -0.05) is 60.4 Å². The van der Waals surface area contributed by atoms with Crippen LogP contribution in [0.15, 0.2) is 58.4 Å². The van der Waals surface area contributed by atoms with E-state index in [-0.39, 0.29) is 17.5 Å². The van der Waals surface area contributed by atoms with Gasteiger partial charge in [-0.2, -0.15) is 0 Å². The van der Waals surface area contributed by atoms with Gasteiger partial charge < -0.3 is 4.90 Å². The highest BCUT2D eigenvalue weighted by Gasteiger charge is 2.36. The Hall–Kier alpha value is -2.97. The Kier molecular flexibility index (Phi) is 5.68. The highest BCUT2D eigenvalue weighted by molar-refractivity contribution is 8.26. The summed E-state index contributed by atoms with van der Waals surface area (Å²) in [7, 11) is 3.66. The Labute approximate surface area is 190 Å². The number of pyridine rings is 1. The second-order valence-corrected chi connectivity index (χ2v) is 9.25. The maximum atomic E-state index is 13.3. The molecule has 0 aliphatic carbocycles. The number of rotatable bonds is 4. The van der Waals surface area contributed by atoms with Gasteiger partial charge in [-0.25, -0.2) is 4.98 Å². The minimum atomic E-state index is -0.223. The standard InChI is InChI=1S/C23H22N4O2S2/c1-14-9-8-12-26-19(14)24-20(25(3)4)17(21(26)28)13-18-22(29)27(23(30)31-18)15(2)16-10-6-5-7-11-16/h5-13,15H,1-4H3/b18-13+/t15-/m0/s1. The maximum absolute atomic E-state index is 13.3. The largest absolute Gasteiger partial charge is 0.362 e. The summed E-state index contributed by atoms with van der Waals surface area (Å²) in [6.45, 7) is 3.86. The third-order valence-electron chi connectivity index (χ3n) is 5.26. The van der Waals surface area contributed by atoms with Crippen molar-refractivity contribution in [2.45, 2.75) is 19.9 Å². The van der Waals surface area contributed by atoms with Gasteiger partial charge in [0.15, 0.2) is 0 Å². The van der Waals surface area contributed by atoms with Crippen molar-refractivity contribution in [1.29, 1.82) is 0 Å². The summed E-state index contributed by atoms with van der Waals surface area (Å²) in [6.07, 6.45) is 3.31. The van der Waals surface area contributed by atoms with Crippen LogP contribution in [0.4, 0.5) is 5.82 Å². The van der Waals surface area contributed by atoms with Gasteiger partial charge in [0.05, 0.1) is 16.5 Å². The van der Waals surface area contributed by atoms with E-state index in [1.54, 1.807) is 22.1 Å². The number of hydrogen-bond acceptors (Lipinski definition) is 6. The molecule has 0 N–H and O–H groups in total. The van der Waals surface area contributed by atoms with Crippen molar-refractivity contribution in [3.63, 3.8) is 0 Å². The van der Waals surface area contributed by atoms with Crippen molar-refractivity contribution in [2.75, 3.05) is 19.0 Å². The summed E-state index contributed by atoms with van der Waals surface area (Å²) in [5.41, 5.74) is 2.63. The van der Waals surface area contributed by atoms with Crippen molar-refractivity contribution in [2.24, 2.45) is 0 Å². The molecule has 1 atom stereocenters. The normalized spacial score (nSPS) is 16.4. The number of hydrogen-bond donors (Lipinski definition) is 0. The summed E-state index contributed by atoms with van der Waals surface area (Å²) in [5.74, 6) is 0.311. The van der Waals surface area contributed by atoms with Gasteiger partial charge in [0.1, 0.15) is 15.8 Å². The Bertz CT molecular complexity index is 1280. The van der Waals surface area contributed by atoms with Gasteiger partial charge >= 0.3 is 0 Å². The average molecular weight is 451 g/mol. The van der Waals surface area contributed by atoms with E-state index < -0.39 is 0 Å². The number of thiocarbonyl (C=S) groups is 1. The van der Waals surface area contributed by atoms with Crippen LogP contribution in [0.3, 0.4) is 0 Å². The molecule has 1 saturated heterocycles. The summed E-state index contributed by atoms with van der Waals surface area (Å²) in [5, 5.41) is 0. The molecule has 6 nitrogen and oxygen atoms in total. The number of carbonyl (C=O) groups excluding carboxylic acids is 1. The number of aryl methyl sites for hydroxylation is 1. The van der Waals surface area contributed by atoms with Crippen molar-refractivity contribution < 1.29 is 4.79 Å². The molecule has 1 fully saturated rings. The van der Waals surface area contributed by atoms with Crippen LogP contribution in [0.5, 0.6) is 0 Å². The molecule has 158 valence electrons. The fourth-order valence-electron chi connectivity index (χ4n) is 3.59. The number of carbonyl (C=O) groups is 1. The molecule has 0 saturated carbocycles. The topological polar surface area (TPSA) is 57.9 Å². The fourth-order valence-corrected chi connectivity index (χ4v) is 4.99. The second kappa shape index (κ2) is 8.28. The molecule has 0 bridgehead atoms. The molecule has 2 aromatic heterocycles.